The number of ketones is 1. The Hall–Kier alpha value is -4.30. The molecule has 1 saturated heterocycles. The van der Waals surface area contributed by atoms with Crippen LogP contribution in [0.5, 0.6) is 11.5 Å². The fourth-order valence-corrected chi connectivity index (χ4v) is 3.96. The van der Waals surface area contributed by atoms with E-state index in [4.69, 9.17) is 26.2 Å². The molecule has 1 atom stereocenters. The number of carboxylic acid groups (broad SMARTS) is 1. The minimum absolute atomic E-state index is 0.0863. The molecule has 8 nitrogen and oxygen atoms in total. The molecule has 3 aromatic rings. The van der Waals surface area contributed by atoms with E-state index in [1.807, 2.05) is 0 Å². The van der Waals surface area contributed by atoms with E-state index in [0.717, 1.165) is 0 Å². The van der Waals surface area contributed by atoms with E-state index in [-0.39, 0.29) is 17.1 Å². The lowest BCUT2D eigenvalue weighted by atomic mass is 9.95. The number of methoxy groups -OCH3 is 1. The van der Waals surface area contributed by atoms with Gasteiger partial charge in [-0.05, 0) is 66.2 Å². The first kappa shape index (κ1) is 23.8. The number of amides is 1. The maximum Gasteiger partial charge on any atom is 0.341 e. The van der Waals surface area contributed by atoms with Gasteiger partial charge in [-0.3, -0.25) is 14.5 Å². The molecule has 4 rings (SSSR count). The van der Waals surface area contributed by atoms with Gasteiger partial charge in [0, 0.05) is 16.3 Å². The van der Waals surface area contributed by atoms with Crippen LogP contribution in [0.1, 0.15) is 17.2 Å². The van der Waals surface area contributed by atoms with Crippen molar-refractivity contribution in [2.75, 3.05) is 18.6 Å². The van der Waals surface area contributed by atoms with Crippen LogP contribution in [0.4, 0.5) is 5.69 Å². The summed E-state index contributed by atoms with van der Waals surface area (Å²) < 4.78 is 10.5. The lowest BCUT2D eigenvalue weighted by molar-refractivity contribution is -0.139. The van der Waals surface area contributed by atoms with E-state index in [2.05, 4.69) is 0 Å². The molecular weight excluding hydrogens is 474 g/mol. The van der Waals surface area contributed by atoms with Crippen molar-refractivity contribution in [3.8, 4) is 11.5 Å². The summed E-state index contributed by atoms with van der Waals surface area (Å²) in [6.07, 6.45) is 0. The van der Waals surface area contributed by atoms with Crippen LogP contribution in [-0.2, 0) is 14.4 Å². The zero-order valence-electron chi connectivity index (χ0n) is 18.5. The quantitative estimate of drug-likeness (QED) is 0.284. The molecule has 178 valence electrons. The van der Waals surface area contributed by atoms with Crippen LogP contribution >= 0.6 is 11.6 Å². The average molecular weight is 494 g/mol. The molecular formula is C26H20ClNO7. The van der Waals surface area contributed by atoms with E-state index in [1.54, 1.807) is 48.5 Å². The third-order valence-corrected chi connectivity index (χ3v) is 5.70. The van der Waals surface area contributed by atoms with Gasteiger partial charge in [-0.15, -0.1) is 0 Å². The van der Waals surface area contributed by atoms with E-state index >= 15 is 0 Å². The number of aliphatic hydroxyl groups is 1. The predicted molar refractivity (Wildman–Crippen MR) is 129 cm³/mol. The number of hydrogen-bond acceptors (Lipinski definition) is 6. The summed E-state index contributed by atoms with van der Waals surface area (Å²) in [5.74, 6) is -2.34. The summed E-state index contributed by atoms with van der Waals surface area (Å²) in [7, 11) is 1.50. The average Bonchev–Trinajstić information content (AvgIpc) is 3.13. The van der Waals surface area contributed by atoms with Gasteiger partial charge >= 0.3 is 5.97 Å². The van der Waals surface area contributed by atoms with Crippen LogP contribution in [0.25, 0.3) is 5.76 Å². The second-order valence-electron chi connectivity index (χ2n) is 7.63. The molecule has 0 spiro atoms. The molecule has 3 aromatic carbocycles. The predicted octanol–water partition coefficient (Wildman–Crippen LogP) is 4.44. The number of hydrogen-bond donors (Lipinski definition) is 2. The number of nitrogens with zero attached hydrogens (tertiary/aromatic N) is 1. The molecule has 1 aliphatic rings. The molecule has 1 unspecified atom stereocenters. The first-order valence-corrected chi connectivity index (χ1v) is 10.8. The van der Waals surface area contributed by atoms with Gasteiger partial charge in [-0.1, -0.05) is 23.7 Å². The Morgan fingerprint density at radius 1 is 0.971 bits per heavy atom. The van der Waals surface area contributed by atoms with Gasteiger partial charge in [0.15, 0.2) is 6.61 Å². The minimum Gasteiger partial charge on any atom is -0.507 e. The van der Waals surface area contributed by atoms with E-state index in [1.165, 1.54) is 36.3 Å². The van der Waals surface area contributed by atoms with Crippen molar-refractivity contribution < 1.29 is 34.1 Å². The second-order valence-corrected chi connectivity index (χ2v) is 8.07. The molecule has 35 heavy (non-hydrogen) atoms. The lowest BCUT2D eigenvalue weighted by Crippen LogP contribution is -2.29. The number of anilines is 1. The van der Waals surface area contributed by atoms with Gasteiger partial charge < -0.3 is 19.7 Å². The zero-order valence-corrected chi connectivity index (χ0v) is 19.2. The number of benzene rings is 3. The normalized spacial score (nSPS) is 16.9. The van der Waals surface area contributed by atoms with E-state index < -0.39 is 30.3 Å². The number of rotatable bonds is 7. The van der Waals surface area contributed by atoms with Gasteiger partial charge in [0.05, 0.1) is 18.7 Å². The zero-order chi connectivity index (χ0) is 25.1. The van der Waals surface area contributed by atoms with Gasteiger partial charge in [-0.25, -0.2) is 4.79 Å². The van der Waals surface area contributed by atoms with Crippen molar-refractivity contribution >= 4 is 40.7 Å². The molecule has 0 bridgehead atoms. The third kappa shape index (κ3) is 4.83. The number of halogens is 1. The minimum atomic E-state index is -1.13. The molecule has 0 aromatic heterocycles. The number of aliphatic hydroxyl groups excluding tert-OH is 1. The van der Waals surface area contributed by atoms with Gasteiger partial charge in [0.1, 0.15) is 17.3 Å². The van der Waals surface area contributed by atoms with Crippen molar-refractivity contribution in [1.29, 1.82) is 0 Å². The summed E-state index contributed by atoms with van der Waals surface area (Å²) in [6, 6.07) is 18.2. The molecule has 0 saturated carbocycles. The van der Waals surface area contributed by atoms with Crippen molar-refractivity contribution in [2.45, 2.75) is 6.04 Å². The molecule has 1 amide bonds. The van der Waals surface area contributed by atoms with E-state index in [0.29, 0.717) is 27.6 Å². The van der Waals surface area contributed by atoms with Crippen LogP contribution in [0, 0.1) is 0 Å². The molecule has 1 aliphatic heterocycles. The molecule has 2 N–H and O–H groups in total. The number of carbonyl (C=O) groups excluding carboxylic acids is 2. The molecule has 0 radical (unpaired) electrons. The van der Waals surface area contributed by atoms with Crippen molar-refractivity contribution in [1.82, 2.24) is 0 Å². The lowest BCUT2D eigenvalue weighted by Gasteiger charge is -2.26. The Balaban J connectivity index is 1.84. The Morgan fingerprint density at radius 3 is 2.29 bits per heavy atom. The van der Waals surface area contributed by atoms with Gasteiger partial charge in [-0.2, -0.15) is 0 Å². The van der Waals surface area contributed by atoms with Crippen LogP contribution in [-0.4, -0.2) is 41.6 Å². The number of carbonyl (C=O) groups is 3. The van der Waals surface area contributed by atoms with Crippen LogP contribution < -0.4 is 14.4 Å². The highest BCUT2D eigenvalue weighted by molar-refractivity contribution is 6.51. The van der Waals surface area contributed by atoms with Crippen molar-refractivity contribution in [3.63, 3.8) is 0 Å². The molecule has 9 heteroatoms. The number of ether oxygens (including phenoxy) is 2. The monoisotopic (exact) mass is 493 g/mol. The molecule has 1 heterocycles. The van der Waals surface area contributed by atoms with Gasteiger partial charge in [0.25, 0.3) is 11.7 Å². The molecule has 0 aliphatic carbocycles. The fraction of sp³-hybridized carbons (Fsp3) is 0.115. The summed E-state index contributed by atoms with van der Waals surface area (Å²) in [5.41, 5.74) is 1.15. The number of aliphatic carboxylic acids is 1. The second kappa shape index (κ2) is 9.90. The summed E-state index contributed by atoms with van der Waals surface area (Å²) in [6.45, 7) is -0.519. The fourth-order valence-electron chi connectivity index (χ4n) is 3.84. The highest BCUT2D eigenvalue weighted by Crippen LogP contribution is 2.43. The van der Waals surface area contributed by atoms with Crippen LogP contribution in [0.3, 0.4) is 0 Å². The first-order chi connectivity index (χ1) is 16.8. The summed E-state index contributed by atoms with van der Waals surface area (Å²) in [4.78, 5) is 38.4. The standard InChI is InChI=1S/C26H20ClNO7/c1-34-20-4-2-3-16(13-20)23-22(24(31)15-5-7-17(27)8-6-15)25(32)26(33)28(23)18-9-11-19(12-10-18)35-14-21(29)30/h2-13,23,31H,14H2,1H3,(H,29,30)/b24-22-. The highest BCUT2D eigenvalue weighted by Gasteiger charge is 2.47. The SMILES string of the molecule is COc1cccc(C2/C(=C(/O)c3ccc(Cl)cc3)C(=O)C(=O)N2c2ccc(OCC(=O)O)cc2)c1. The Morgan fingerprint density at radius 2 is 1.66 bits per heavy atom. The van der Waals surface area contributed by atoms with Crippen LogP contribution in [0.2, 0.25) is 5.02 Å². The first-order valence-electron chi connectivity index (χ1n) is 10.5. The molecule has 1 fully saturated rings. The Kier molecular flexibility index (Phi) is 6.75. The summed E-state index contributed by atoms with van der Waals surface area (Å²) in [5, 5.41) is 20.4. The Bertz CT molecular complexity index is 1320. The van der Waals surface area contributed by atoms with Crippen LogP contribution in [0.15, 0.2) is 78.4 Å². The Labute approximate surface area is 205 Å². The topological polar surface area (TPSA) is 113 Å². The largest absolute Gasteiger partial charge is 0.507 e. The summed E-state index contributed by atoms with van der Waals surface area (Å²) >= 11 is 5.96. The highest BCUT2D eigenvalue weighted by atomic mass is 35.5. The maximum absolute atomic E-state index is 13.2. The van der Waals surface area contributed by atoms with Gasteiger partial charge in [0.2, 0.25) is 0 Å². The maximum atomic E-state index is 13.2. The number of Topliss-reactive ketones (excluding diaryl/α,β-unsaturated/α-hetero) is 1. The van der Waals surface area contributed by atoms with E-state index in [9.17, 15) is 19.5 Å². The van der Waals surface area contributed by atoms with Crippen molar-refractivity contribution in [2.24, 2.45) is 0 Å². The van der Waals surface area contributed by atoms with Crippen molar-refractivity contribution in [3.05, 3.63) is 94.5 Å². The third-order valence-electron chi connectivity index (χ3n) is 5.45. The smallest absolute Gasteiger partial charge is 0.341 e. The number of carboxylic acids is 1.